The van der Waals surface area contributed by atoms with Crippen LogP contribution < -0.4 is 15.4 Å². The lowest BCUT2D eigenvalue weighted by atomic mass is 10.0. The van der Waals surface area contributed by atoms with Crippen molar-refractivity contribution in [3.8, 4) is 17.0 Å². The lowest BCUT2D eigenvalue weighted by Gasteiger charge is -2.09. The number of H-pyrrole nitrogens is 1. The summed E-state index contributed by atoms with van der Waals surface area (Å²) in [6.45, 7) is 0. The Morgan fingerprint density at radius 3 is 2.54 bits per heavy atom. The molecule has 0 aliphatic rings. The second kappa shape index (κ2) is 9.44. The van der Waals surface area contributed by atoms with E-state index in [1.165, 1.54) is 13.3 Å². The summed E-state index contributed by atoms with van der Waals surface area (Å²) in [6.07, 6.45) is 8.33. The molecule has 5 aromatic rings. The summed E-state index contributed by atoms with van der Waals surface area (Å²) in [5.74, 6) is 0.256. The normalized spacial score (nSPS) is 10.7. The van der Waals surface area contributed by atoms with Gasteiger partial charge in [-0.3, -0.25) is 9.78 Å². The van der Waals surface area contributed by atoms with Gasteiger partial charge >= 0.3 is 6.03 Å². The number of amides is 2. The molecule has 35 heavy (non-hydrogen) atoms. The van der Waals surface area contributed by atoms with Crippen LogP contribution in [0.3, 0.4) is 0 Å². The molecular weight excluding hydrogens is 444 g/mol. The maximum absolute atomic E-state index is 13.4. The van der Waals surface area contributed by atoms with E-state index in [2.05, 4.69) is 30.6 Å². The molecule has 9 heteroatoms. The molecule has 172 valence electrons. The molecule has 1 aromatic carbocycles. The quantitative estimate of drug-likeness (QED) is 0.307. The summed E-state index contributed by atoms with van der Waals surface area (Å²) in [4.78, 5) is 41.5. The predicted molar refractivity (Wildman–Crippen MR) is 133 cm³/mol. The van der Waals surface area contributed by atoms with Crippen LogP contribution in [-0.4, -0.2) is 38.9 Å². The number of nitrogens with zero attached hydrogens (tertiary/aromatic N) is 3. The van der Waals surface area contributed by atoms with Gasteiger partial charge in [0, 0.05) is 64.2 Å². The van der Waals surface area contributed by atoms with Gasteiger partial charge in [-0.1, -0.05) is 18.2 Å². The molecule has 0 saturated carbocycles. The Morgan fingerprint density at radius 1 is 0.886 bits per heavy atom. The molecule has 0 atom stereocenters. The number of ether oxygens (including phenoxy) is 1. The number of aromatic amines is 1. The molecule has 0 aliphatic heterocycles. The van der Waals surface area contributed by atoms with Crippen LogP contribution in [0.2, 0.25) is 0 Å². The van der Waals surface area contributed by atoms with Crippen LogP contribution in [0.25, 0.3) is 22.2 Å². The molecule has 4 heterocycles. The van der Waals surface area contributed by atoms with E-state index >= 15 is 0 Å². The maximum atomic E-state index is 13.4. The lowest BCUT2D eigenvalue weighted by molar-refractivity contribution is 0.104. The number of benzene rings is 1. The van der Waals surface area contributed by atoms with Gasteiger partial charge in [0.25, 0.3) is 0 Å². The lowest BCUT2D eigenvalue weighted by Crippen LogP contribution is -2.19. The smallest absolute Gasteiger partial charge is 0.323 e. The van der Waals surface area contributed by atoms with Crippen molar-refractivity contribution in [3.05, 3.63) is 96.7 Å². The van der Waals surface area contributed by atoms with Gasteiger partial charge in [-0.25, -0.2) is 14.8 Å². The van der Waals surface area contributed by atoms with Crippen LogP contribution in [-0.2, 0) is 0 Å². The third-order valence-electron chi connectivity index (χ3n) is 5.36. The molecular formula is C26H20N6O3. The van der Waals surface area contributed by atoms with Gasteiger partial charge in [0.2, 0.25) is 5.88 Å². The molecule has 4 aromatic heterocycles. The molecule has 0 aliphatic carbocycles. The summed E-state index contributed by atoms with van der Waals surface area (Å²) < 4.78 is 5.01. The van der Waals surface area contributed by atoms with Crippen LogP contribution in [0.15, 0.2) is 85.6 Å². The van der Waals surface area contributed by atoms with Gasteiger partial charge in [-0.2, -0.15) is 0 Å². The number of hydrogen-bond donors (Lipinski definition) is 3. The van der Waals surface area contributed by atoms with Crippen molar-refractivity contribution in [3.63, 3.8) is 0 Å². The number of methoxy groups -OCH3 is 1. The predicted octanol–water partition coefficient (Wildman–Crippen LogP) is 4.90. The summed E-state index contributed by atoms with van der Waals surface area (Å²) >= 11 is 0. The van der Waals surface area contributed by atoms with Crippen LogP contribution in [0.1, 0.15) is 15.9 Å². The van der Waals surface area contributed by atoms with E-state index in [0.29, 0.717) is 39.4 Å². The number of pyridine rings is 3. The highest BCUT2D eigenvalue weighted by Crippen LogP contribution is 2.26. The van der Waals surface area contributed by atoms with E-state index < -0.39 is 6.03 Å². The summed E-state index contributed by atoms with van der Waals surface area (Å²) in [6, 6.07) is 15.3. The fraction of sp³-hybridized carbons (Fsp3) is 0.0385. The maximum Gasteiger partial charge on any atom is 0.323 e. The van der Waals surface area contributed by atoms with E-state index in [4.69, 9.17) is 4.74 Å². The number of fused-ring (bicyclic) bond motifs is 1. The monoisotopic (exact) mass is 464 g/mol. The first-order valence-corrected chi connectivity index (χ1v) is 10.7. The van der Waals surface area contributed by atoms with Crippen LogP contribution in [0.4, 0.5) is 16.2 Å². The van der Waals surface area contributed by atoms with Crippen molar-refractivity contribution >= 4 is 34.2 Å². The number of aromatic nitrogens is 4. The number of hydrogen-bond acceptors (Lipinski definition) is 6. The average molecular weight is 464 g/mol. The Hall–Kier alpha value is -5.05. The zero-order chi connectivity index (χ0) is 24.2. The first kappa shape index (κ1) is 21.8. The molecule has 0 spiro atoms. The van der Waals surface area contributed by atoms with Crippen LogP contribution in [0, 0.1) is 0 Å². The molecule has 0 radical (unpaired) electrons. The zero-order valence-corrected chi connectivity index (χ0v) is 18.6. The van der Waals surface area contributed by atoms with E-state index in [1.54, 1.807) is 61.2 Å². The van der Waals surface area contributed by atoms with E-state index in [1.807, 2.05) is 18.2 Å². The molecule has 2 amide bonds. The fourth-order valence-electron chi connectivity index (χ4n) is 3.64. The van der Waals surface area contributed by atoms with Crippen molar-refractivity contribution < 1.29 is 14.3 Å². The van der Waals surface area contributed by atoms with E-state index in [9.17, 15) is 9.59 Å². The standard InChI is InChI=1S/C26H20N6O3/c1-35-23-8-7-20(14-28-23)32-26(34)31-19-6-2-4-16(10-19)24(33)22-15-30-25-21(22)11-18(13-29-25)17-5-3-9-27-12-17/h2-15H,1H3,(H,29,30)(H2,31,32,34). The van der Waals surface area contributed by atoms with Crippen molar-refractivity contribution in [2.24, 2.45) is 0 Å². The summed E-state index contributed by atoms with van der Waals surface area (Å²) in [5, 5.41) is 6.14. The van der Waals surface area contributed by atoms with Crippen LogP contribution in [0.5, 0.6) is 5.88 Å². The topological polar surface area (TPSA) is 122 Å². The third-order valence-corrected chi connectivity index (χ3v) is 5.36. The van der Waals surface area contributed by atoms with Crippen molar-refractivity contribution in [1.82, 2.24) is 19.9 Å². The van der Waals surface area contributed by atoms with Gasteiger partial charge in [0.1, 0.15) is 5.65 Å². The number of carbonyl (C=O) groups is 2. The van der Waals surface area contributed by atoms with E-state index in [0.717, 1.165) is 11.1 Å². The molecule has 0 saturated heterocycles. The Balaban J connectivity index is 1.36. The van der Waals surface area contributed by atoms with Gasteiger partial charge < -0.3 is 20.4 Å². The minimum Gasteiger partial charge on any atom is -0.481 e. The van der Waals surface area contributed by atoms with Gasteiger partial charge in [0.15, 0.2) is 5.78 Å². The molecule has 5 rings (SSSR count). The highest BCUT2D eigenvalue weighted by molar-refractivity contribution is 6.16. The van der Waals surface area contributed by atoms with Crippen molar-refractivity contribution in [2.45, 2.75) is 0 Å². The Labute approximate surface area is 200 Å². The van der Waals surface area contributed by atoms with Gasteiger partial charge in [-0.05, 0) is 30.3 Å². The number of rotatable bonds is 6. The molecule has 0 unspecified atom stereocenters. The Morgan fingerprint density at radius 2 is 1.77 bits per heavy atom. The average Bonchev–Trinajstić information content (AvgIpc) is 3.32. The van der Waals surface area contributed by atoms with Gasteiger partial charge in [-0.15, -0.1) is 0 Å². The third kappa shape index (κ3) is 4.69. The first-order valence-electron chi connectivity index (χ1n) is 10.7. The number of urea groups is 1. The second-order valence-corrected chi connectivity index (χ2v) is 7.64. The Bertz CT molecular complexity index is 1510. The number of ketones is 1. The van der Waals surface area contributed by atoms with Gasteiger partial charge in [0.05, 0.1) is 19.0 Å². The summed E-state index contributed by atoms with van der Waals surface area (Å²) in [7, 11) is 1.52. The number of anilines is 2. The first-order chi connectivity index (χ1) is 17.1. The minimum absolute atomic E-state index is 0.190. The fourth-order valence-corrected chi connectivity index (χ4v) is 3.64. The minimum atomic E-state index is -0.459. The highest BCUT2D eigenvalue weighted by Gasteiger charge is 2.16. The van der Waals surface area contributed by atoms with Crippen LogP contribution >= 0.6 is 0 Å². The number of carbonyl (C=O) groups excluding carboxylic acids is 2. The summed E-state index contributed by atoms with van der Waals surface area (Å²) in [5.41, 5.74) is 4.29. The van der Waals surface area contributed by atoms with Crippen molar-refractivity contribution in [1.29, 1.82) is 0 Å². The van der Waals surface area contributed by atoms with Crippen molar-refractivity contribution in [2.75, 3.05) is 17.7 Å². The second-order valence-electron chi connectivity index (χ2n) is 7.64. The highest BCUT2D eigenvalue weighted by atomic mass is 16.5. The zero-order valence-electron chi connectivity index (χ0n) is 18.6. The molecule has 3 N–H and O–H groups in total. The van der Waals surface area contributed by atoms with E-state index in [-0.39, 0.29) is 5.78 Å². The molecule has 0 fully saturated rings. The SMILES string of the molecule is COc1ccc(NC(=O)Nc2cccc(C(=O)c3c[nH]c4ncc(-c5cccnc5)cc34)c2)cn1. The molecule has 9 nitrogen and oxygen atoms in total. The molecule has 0 bridgehead atoms. The number of nitrogens with one attached hydrogen (secondary N) is 3. The Kier molecular flexibility index (Phi) is 5.87. The largest absolute Gasteiger partial charge is 0.481 e.